The van der Waals surface area contributed by atoms with Crippen LogP contribution in [0.2, 0.25) is 0 Å². The summed E-state index contributed by atoms with van der Waals surface area (Å²) in [5.74, 6) is -0.137. The Kier molecular flexibility index (Phi) is 8.92. The number of nitrogens with one attached hydrogen (secondary N) is 3. The van der Waals surface area contributed by atoms with Crippen molar-refractivity contribution in [2.75, 3.05) is 19.0 Å². The Morgan fingerprint density at radius 3 is 2.44 bits per heavy atom. The van der Waals surface area contributed by atoms with E-state index in [2.05, 4.69) is 26.1 Å². The van der Waals surface area contributed by atoms with Gasteiger partial charge in [0.1, 0.15) is 10.8 Å². The normalized spacial score (nSPS) is 11.2. The number of carbonyl (C=O) groups excluding carboxylic acids is 3. The number of hydrogen-bond donors (Lipinski definition) is 3. The molecule has 0 spiro atoms. The van der Waals surface area contributed by atoms with E-state index in [0.29, 0.717) is 16.4 Å². The van der Waals surface area contributed by atoms with E-state index in [0.717, 1.165) is 16.9 Å². The average Bonchev–Trinajstić information content (AvgIpc) is 3.33. The lowest BCUT2D eigenvalue weighted by Gasteiger charge is -2.18. The quantitative estimate of drug-likeness (QED) is 0.377. The number of carbonyl (C=O) groups is 3. The van der Waals surface area contributed by atoms with Crippen molar-refractivity contribution in [1.82, 2.24) is 20.8 Å². The zero-order valence-electron chi connectivity index (χ0n) is 18.7. The number of ether oxygens (including phenoxy) is 2. The van der Waals surface area contributed by atoms with Crippen LogP contribution in [0.4, 0.5) is 10.5 Å². The van der Waals surface area contributed by atoms with E-state index in [4.69, 9.17) is 9.47 Å². The van der Waals surface area contributed by atoms with Crippen LogP contribution in [0, 0.1) is 0 Å². The van der Waals surface area contributed by atoms with Crippen molar-refractivity contribution in [3.8, 4) is 5.75 Å². The van der Waals surface area contributed by atoms with Gasteiger partial charge in [-0.25, -0.2) is 4.79 Å². The lowest BCUT2D eigenvalue weighted by molar-refractivity contribution is -0.143. The molecule has 0 unspecified atom stereocenters. The van der Waals surface area contributed by atoms with E-state index < -0.39 is 23.9 Å². The summed E-state index contributed by atoms with van der Waals surface area (Å²) in [4.78, 5) is 36.8. The molecule has 0 fully saturated rings. The summed E-state index contributed by atoms with van der Waals surface area (Å²) < 4.78 is 10.1. The van der Waals surface area contributed by atoms with Crippen molar-refractivity contribution in [2.45, 2.75) is 25.9 Å². The van der Waals surface area contributed by atoms with Gasteiger partial charge in [0.25, 0.3) is 5.91 Å². The summed E-state index contributed by atoms with van der Waals surface area (Å²) in [5, 5.41) is 16.7. The molecule has 34 heavy (non-hydrogen) atoms. The Morgan fingerprint density at radius 2 is 1.76 bits per heavy atom. The monoisotopic (exact) mass is 483 g/mol. The molecule has 1 aromatic heterocycles. The number of methoxy groups -OCH3 is 1. The van der Waals surface area contributed by atoms with Crippen LogP contribution in [0.1, 0.15) is 39.8 Å². The zero-order valence-corrected chi connectivity index (χ0v) is 19.6. The second-order valence-electron chi connectivity index (χ2n) is 6.98. The van der Waals surface area contributed by atoms with Gasteiger partial charge in [-0.3, -0.25) is 9.59 Å². The fourth-order valence-electron chi connectivity index (χ4n) is 2.97. The molecule has 0 saturated heterocycles. The van der Waals surface area contributed by atoms with Crippen LogP contribution < -0.4 is 20.7 Å². The number of rotatable bonds is 10. The molecule has 0 bridgehead atoms. The second-order valence-corrected chi connectivity index (χ2v) is 8.05. The Hall–Kier alpha value is -3.99. The van der Waals surface area contributed by atoms with E-state index in [9.17, 15) is 14.4 Å². The van der Waals surface area contributed by atoms with Gasteiger partial charge in [0.2, 0.25) is 5.01 Å². The lowest BCUT2D eigenvalue weighted by Crippen LogP contribution is -2.38. The van der Waals surface area contributed by atoms with E-state index >= 15 is 0 Å². The molecule has 3 aromatic rings. The number of amides is 3. The van der Waals surface area contributed by atoms with Gasteiger partial charge in [-0.2, -0.15) is 0 Å². The predicted molar refractivity (Wildman–Crippen MR) is 127 cm³/mol. The molecule has 3 amide bonds. The highest BCUT2D eigenvalue weighted by molar-refractivity contribution is 7.13. The SMILES string of the molecule is CCOC(=O)C[C@H](NC(=O)NCc1nnc(C(=O)Nc2ccc(OC)cc2)s1)c1ccccc1. The molecule has 0 saturated carbocycles. The largest absolute Gasteiger partial charge is 0.497 e. The number of nitrogens with zero attached hydrogens (tertiary/aromatic N) is 2. The minimum atomic E-state index is -0.555. The van der Waals surface area contributed by atoms with Gasteiger partial charge in [0, 0.05) is 5.69 Å². The highest BCUT2D eigenvalue weighted by Crippen LogP contribution is 2.18. The van der Waals surface area contributed by atoms with Crippen LogP contribution in [0.25, 0.3) is 0 Å². The molecule has 2 aromatic carbocycles. The summed E-state index contributed by atoms with van der Waals surface area (Å²) in [7, 11) is 1.56. The Morgan fingerprint density at radius 1 is 1.03 bits per heavy atom. The number of aromatic nitrogens is 2. The molecule has 1 heterocycles. The van der Waals surface area contributed by atoms with Gasteiger partial charge in [-0.15, -0.1) is 10.2 Å². The second kappa shape index (κ2) is 12.3. The van der Waals surface area contributed by atoms with Gasteiger partial charge < -0.3 is 25.4 Å². The van der Waals surface area contributed by atoms with Crippen LogP contribution >= 0.6 is 11.3 Å². The number of urea groups is 1. The topological polar surface area (TPSA) is 132 Å². The summed E-state index contributed by atoms with van der Waals surface area (Å²) in [5.41, 5.74) is 1.37. The average molecular weight is 484 g/mol. The van der Waals surface area contributed by atoms with Crippen molar-refractivity contribution in [3.05, 3.63) is 70.2 Å². The molecule has 11 heteroatoms. The maximum atomic E-state index is 12.5. The maximum Gasteiger partial charge on any atom is 0.315 e. The molecule has 3 N–H and O–H groups in total. The van der Waals surface area contributed by atoms with Crippen LogP contribution in [0.5, 0.6) is 5.75 Å². The minimum Gasteiger partial charge on any atom is -0.497 e. The molecule has 1 atom stereocenters. The maximum absolute atomic E-state index is 12.5. The van der Waals surface area contributed by atoms with Crippen LogP contribution in [-0.4, -0.2) is 41.8 Å². The third kappa shape index (κ3) is 7.27. The van der Waals surface area contributed by atoms with E-state index in [1.54, 1.807) is 38.3 Å². The smallest absolute Gasteiger partial charge is 0.315 e. The zero-order chi connectivity index (χ0) is 24.3. The molecule has 0 radical (unpaired) electrons. The predicted octanol–water partition coefficient (Wildman–Crippen LogP) is 3.29. The first-order valence-electron chi connectivity index (χ1n) is 10.5. The van der Waals surface area contributed by atoms with E-state index in [1.165, 1.54) is 0 Å². The van der Waals surface area contributed by atoms with E-state index in [1.807, 2.05) is 30.3 Å². The lowest BCUT2D eigenvalue weighted by atomic mass is 10.0. The first-order valence-corrected chi connectivity index (χ1v) is 11.3. The third-order valence-corrected chi connectivity index (χ3v) is 5.51. The molecule has 10 nitrogen and oxygen atoms in total. The van der Waals surface area contributed by atoms with Crippen LogP contribution in [0.15, 0.2) is 54.6 Å². The molecule has 178 valence electrons. The molecular weight excluding hydrogens is 458 g/mol. The fourth-order valence-corrected chi connectivity index (χ4v) is 3.64. The summed E-state index contributed by atoms with van der Waals surface area (Å²) in [6.07, 6.45) is -0.000237. The summed E-state index contributed by atoms with van der Waals surface area (Å²) in [6, 6.07) is 15.0. The van der Waals surface area contributed by atoms with Gasteiger partial charge in [0.05, 0.1) is 32.7 Å². The van der Waals surface area contributed by atoms with Crippen molar-refractivity contribution in [3.63, 3.8) is 0 Å². The molecule has 3 rings (SSSR count). The van der Waals surface area contributed by atoms with Gasteiger partial charge in [-0.1, -0.05) is 41.7 Å². The van der Waals surface area contributed by atoms with Crippen molar-refractivity contribution in [2.24, 2.45) is 0 Å². The van der Waals surface area contributed by atoms with Crippen LogP contribution in [-0.2, 0) is 16.1 Å². The number of hydrogen-bond acceptors (Lipinski definition) is 8. The third-order valence-electron chi connectivity index (χ3n) is 4.59. The first-order chi connectivity index (χ1) is 16.5. The van der Waals surface area contributed by atoms with Crippen molar-refractivity contribution < 1.29 is 23.9 Å². The molecular formula is C23H25N5O5S. The number of benzene rings is 2. The Balaban J connectivity index is 1.54. The standard InChI is InChI=1S/C23H25N5O5S/c1-3-33-20(29)13-18(15-7-5-4-6-8-15)26-23(31)24-14-19-27-28-22(34-19)21(30)25-16-9-11-17(32-2)12-10-16/h4-12,18H,3,13-14H2,1-2H3,(H,25,30)(H2,24,26,31)/t18-/m0/s1. The van der Waals surface area contributed by atoms with Gasteiger partial charge in [-0.05, 0) is 36.8 Å². The van der Waals surface area contributed by atoms with Crippen molar-refractivity contribution in [1.29, 1.82) is 0 Å². The number of esters is 1. The summed E-state index contributed by atoms with van der Waals surface area (Å²) in [6.45, 7) is 2.06. The van der Waals surface area contributed by atoms with Crippen LogP contribution in [0.3, 0.4) is 0 Å². The highest BCUT2D eigenvalue weighted by atomic mass is 32.1. The molecule has 0 aliphatic carbocycles. The van der Waals surface area contributed by atoms with Gasteiger partial charge >= 0.3 is 12.0 Å². The minimum absolute atomic E-state index is 0.000237. The molecule has 0 aliphatic heterocycles. The first kappa shape index (κ1) is 24.6. The Labute approximate surface area is 200 Å². The molecule has 0 aliphatic rings. The summed E-state index contributed by atoms with van der Waals surface area (Å²) >= 11 is 1.07. The number of anilines is 1. The van der Waals surface area contributed by atoms with Crippen molar-refractivity contribution >= 4 is 34.9 Å². The highest BCUT2D eigenvalue weighted by Gasteiger charge is 2.20. The Bertz CT molecular complexity index is 1100. The fraction of sp³-hybridized carbons (Fsp3) is 0.261. The van der Waals surface area contributed by atoms with E-state index in [-0.39, 0.29) is 24.6 Å². The van der Waals surface area contributed by atoms with Gasteiger partial charge in [0.15, 0.2) is 0 Å².